The van der Waals surface area contributed by atoms with Crippen LogP contribution in [-0.2, 0) is 0 Å². The van der Waals surface area contributed by atoms with Crippen molar-refractivity contribution in [3.8, 4) is 0 Å². The van der Waals surface area contributed by atoms with E-state index in [-0.39, 0.29) is 5.91 Å². The molecule has 0 bridgehead atoms. The van der Waals surface area contributed by atoms with Crippen molar-refractivity contribution in [1.29, 1.82) is 0 Å². The maximum absolute atomic E-state index is 12.4. The quantitative estimate of drug-likeness (QED) is 0.887. The molecule has 0 aliphatic carbocycles. The van der Waals surface area contributed by atoms with Gasteiger partial charge in [-0.05, 0) is 25.5 Å². The van der Waals surface area contributed by atoms with Gasteiger partial charge in [0, 0.05) is 44.5 Å². The minimum absolute atomic E-state index is 0.0362. The van der Waals surface area contributed by atoms with Gasteiger partial charge in [0.25, 0.3) is 5.91 Å². The molecule has 0 spiro atoms. The largest absolute Gasteiger partial charge is 0.335 e. The summed E-state index contributed by atoms with van der Waals surface area (Å²) in [5.41, 5.74) is 7.21. The maximum atomic E-state index is 12.4. The number of aryl methyl sites for hydroxylation is 1. The fourth-order valence-corrected chi connectivity index (χ4v) is 2.69. The van der Waals surface area contributed by atoms with Gasteiger partial charge in [0.2, 0.25) is 0 Å². The average Bonchev–Trinajstić information content (AvgIpc) is 2.48. The van der Waals surface area contributed by atoms with Crippen molar-refractivity contribution in [1.82, 2.24) is 14.8 Å². The normalized spacial score (nSPS) is 18.1. The van der Waals surface area contributed by atoms with Crippen LogP contribution in [-0.4, -0.2) is 59.5 Å². The summed E-state index contributed by atoms with van der Waals surface area (Å²) in [5.74, 6) is 0.0362. The zero-order valence-electron chi connectivity index (χ0n) is 12.4. The molecule has 1 unspecified atom stereocenters. The molecule has 1 aliphatic heterocycles. The first-order valence-electron chi connectivity index (χ1n) is 7.32. The molecule has 1 saturated heterocycles. The Morgan fingerprint density at radius 2 is 2.05 bits per heavy atom. The molecule has 1 amide bonds. The van der Waals surface area contributed by atoms with E-state index < -0.39 is 0 Å². The highest BCUT2D eigenvalue weighted by Crippen LogP contribution is 2.11. The standard InChI is InChI=1S/C15H24N4O/c1-3-13(11-16)18-7-9-19(10-8-18)15(20)14-6-4-5-12(2)17-14/h4-6,13H,3,7-11,16H2,1-2H3. The van der Waals surface area contributed by atoms with E-state index in [9.17, 15) is 4.79 Å². The summed E-state index contributed by atoms with van der Waals surface area (Å²) in [6.45, 7) is 8.05. The van der Waals surface area contributed by atoms with E-state index >= 15 is 0 Å². The first-order chi connectivity index (χ1) is 9.65. The molecule has 5 heteroatoms. The van der Waals surface area contributed by atoms with E-state index in [0.717, 1.165) is 38.3 Å². The van der Waals surface area contributed by atoms with Crippen molar-refractivity contribution in [3.05, 3.63) is 29.6 Å². The molecule has 110 valence electrons. The lowest BCUT2D eigenvalue weighted by molar-refractivity contribution is 0.0566. The van der Waals surface area contributed by atoms with Gasteiger partial charge in [-0.25, -0.2) is 4.98 Å². The van der Waals surface area contributed by atoms with Gasteiger partial charge in [-0.15, -0.1) is 0 Å². The average molecular weight is 276 g/mol. The second kappa shape index (κ2) is 6.81. The van der Waals surface area contributed by atoms with Crippen LogP contribution in [0.1, 0.15) is 29.5 Å². The zero-order chi connectivity index (χ0) is 14.5. The summed E-state index contributed by atoms with van der Waals surface area (Å²) < 4.78 is 0. The van der Waals surface area contributed by atoms with Crippen LogP contribution in [0.25, 0.3) is 0 Å². The van der Waals surface area contributed by atoms with Crippen molar-refractivity contribution in [2.75, 3.05) is 32.7 Å². The Labute approximate surface area is 120 Å². The van der Waals surface area contributed by atoms with Gasteiger partial charge in [-0.2, -0.15) is 0 Å². The summed E-state index contributed by atoms with van der Waals surface area (Å²) in [7, 11) is 0. The highest BCUT2D eigenvalue weighted by molar-refractivity contribution is 5.92. The van der Waals surface area contributed by atoms with E-state index in [0.29, 0.717) is 18.3 Å². The Morgan fingerprint density at radius 1 is 1.35 bits per heavy atom. The van der Waals surface area contributed by atoms with Gasteiger partial charge < -0.3 is 10.6 Å². The Bertz CT molecular complexity index is 451. The molecule has 2 rings (SSSR count). The van der Waals surface area contributed by atoms with Crippen LogP contribution in [0.2, 0.25) is 0 Å². The van der Waals surface area contributed by atoms with Crippen LogP contribution in [0.4, 0.5) is 0 Å². The fourth-order valence-electron chi connectivity index (χ4n) is 2.69. The topological polar surface area (TPSA) is 62.5 Å². The van der Waals surface area contributed by atoms with Crippen molar-refractivity contribution in [3.63, 3.8) is 0 Å². The smallest absolute Gasteiger partial charge is 0.272 e. The van der Waals surface area contributed by atoms with Crippen molar-refractivity contribution in [2.45, 2.75) is 26.3 Å². The Balaban J connectivity index is 1.95. The molecule has 0 aromatic carbocycles. The molecule has 1 fully saturated rings. The number of rotatable bonds is 4. The van der Waals surface area contributed by atoms with E-state index in [1.165, 1.54) is 0 Å². The van der Waals surface area contributed by atoms with E-state index in [2.05, 4.69) is 16.8 Å². The monoisotopic (exact) mass is 276 g/mol. The molecule has 2 heterocycles. The molecular weight excluding hydrogens is 252 g/mol. The van der Waals surface area contributed by atoms with Crippen LogP contribution in [0, 0.1) is 6.92 Å². The van der Waals surface area contributed by atoms with E-state index in [1.54, 1.807) is 6.07 Å². The number of carbonyl (C=O) groups is 1. The highest BCUT2D eigenvalue weighted by atomic mass is 16.2. The SMILES string of the molecule is CCC(CN)N1CCN(C(=O)c2cccc(C)n2)CC1. The molecule has 5 nitrogen and oxygen atoms in total. The third-order valence-electron chi connectivity index (χ3n) is 3.97. The number of piperazine rings is 1. The van der Waals surface area contributed by atoms with Crippen LogP contribution in [0.3, 0.4) is 0 Å². The van der Waals surface area contributed by atoms with Crippen LogP contribution in [0.15, 0.2) is 18.2 Å². The van der Waals surface area contributed by atoms with Crippen LogP contribution in [0.5, 0.6) is 0 Å². The molecule has 1 aliphatic rings. The molecule has 1 aromatic heterocycles. The lowest BCUT2D eigenvalue weighted by Gasteiger charge is -2.38. The summed E-state index contributed by atoms with van der Waals surface area (Å²) in [4.78, 5) is 21.0. The second-order valence-corrected chi connectivity index (χ2v) is 5.29. The third-order valence-corrected chi connectivity index (χ3v) is 3.97. The van der Waals surface area contributed by atoms with Gasteiger partial charge in [0.15, 0.2) is 0 Å². The molecular formula is C15H24N4O. The van der Waals surface area contributed by atoms with Crippen molar-refractivity contribution >= 4 is 5.91 Å². The highest BCUT2D eigenvalue weighted by Gasteiger charge is 2.25. The minimum Gasteiger partial charge on any atom is -0.335 e. The summed E-state index contributed by atoms with van der Waals surface area (Å²) in [6.07, 6.45) is 1.06. The Kier molecular flexibility index (Phi) is 5.09. The van der Waals surface area contributed by atoms with E-state index in [4.69, 9.17) is 5.73 Å². The number of hydrogen-bond donors (Lipinski definition) is 1. The Hall–Kier alpha value is -1.46. The fraction of sp³-hybridized carbons (Fsp3) is 0.600. The predicted molar refractivity (Wildman–Crippen MR) is 79.6 cm³/mol. The predicted octanol–water partition coefficient (Wildman–Crippen LogP) is 0.885. The second-order valence-electron chi connectivity index (χ2n) is 5.29. The maximum Gasteiger partial charge on any atom is 0.272 e. The molecule has 2 N–H and O–H groups in total. The number of amides is 1. The van der Waals surface area contributed by atoms with Gasteiger partial charge in [0.1, 0.15) is 5.69 Å². The first kappa shape index (κ1) is 14.9. The van der Waals surface area contributed by atoms with Gasteiger partial charge in [0.05, 0.1) is 0 Å². The van der Waals surface area contributed by atoms with Crippen molar-refractivity contribution in [2.24, 2.45) is 5.73 Å². The molecule has 0 saturated carbocycles. The van der Waals surface area contributed by atoms with Crippen molar-refractivity contribution < 1.29 is 4.79 Å². The molecule has 1 aromatic rings. The molecule has 20 heavy (non-hydrogen) atoms. The number of pyridine rings is 1. The summed E-state index contributed by atoms with van der Waals surface area (Å²) >= 11 is 0. The minimum atomic E-state index is 0.0362. The Morgan fingerprint density at radius 3 is 2.60 bits per heavy atom. The molecule has 1 atom stereocenters. The van der Waals surface area contributed by atoms with Crippen LogP contribution >= 0.6 is 0 Å². The summed E-state index contributed by atoms with van der Waals surface area (Å²) in [6, 6.07) is 6.01. The van der Waals surface area contributed by atoms with Gasteiger partial charge in [-0.1, -0.05) is 13.0 Å². The number of hydrogen-bond acceptors (Lipinski definition) is 4. The number of aromatic nitrogens is 1. The molecule has 0 radical (unpaired) electrons. The number of carbonyl (C=O) groups excluding carboxylic acids is 1. The summed E-state index contributed by atoms with van der Waals surface area (Å²) in [5, 5.41) is 0. The lowest BCUT2D eigenvalue weighted by Crippen LogP contribution is -2.53. The first-order valence-corrected chi connectivity index (χ1v) is 7.32. The lowest BCUT2D eigenvalue weighted by atomic mass is 10.1. The van der Waals surface area contributed by atoms with Crippen LogP contribution < -0.4 is 5.73 Å². The zero-order valence-corrected chi connectivity index (χ0v) is 12.4. The number of nitrogens with zero attached hydrogens (tertiary/aromatic N) is 3. The third kappa shape index (κ3) is 3.35. The number of nitrogens with two attached hydrogens (primary N) is 1. The van der Waals surface area contributed by atoms with Gasteiger partial charge in [-0.3, -0.25) is 9.69 Å². The van der Waals surface area contributed by atoms with E-state index in [1.807, 2.05) is 24.0 Å². The van der Waals surface area contributed by atoms with Gasteiger partial charge >= 0.3 is 0 Å².